The van der Waals surface area contributed by atoms with Crippen LogP contribution in [-0.2, 0) is 4.74 Å². The van der Waals surface area contributed by atoms with Crippen molar-refractivity contribution in [1.29, 1.82) is 0 Å². The standard InChI is InChI=1S/C12H26N2O/c1-9(2)12-7-14(10(3)6-13-12)11(4)8-15-5/h9-13H,6-8H2,1-5H3. The van der Waals surface area contributed by atoms with Gasteiger partial charge in [0.15, 0.2) is 0 Å². The Morgan fingerprint density at radius 2 is 2.07 bits per heavy atom. The van der Waals surface area contributed by atoms with Crippen LogP contribution in [0.4, 0.5) is 0 Å². The Morgan fingerprint density at radius 3 is 2.60 bits per heavy atom. The lowest BCUT2D eigenvalue weighted by atomic mass is 9.98. The summed E-state index contributed by atoms with van der Waals surface area (Å²) in [5.41, 5.74) is 0. The van der Waals surface area contributed by atoms with E-state index in [0.717, 1.165) is 19.7 Å². The molecule has 1 saturated heterocycles. The maximum atomic E-state index is 5.24. The molecule has 3 nitrogen and oxygen atoms in total. The second kappa shape index (κ2) is 5.83. The molecule has 3 unspecified atom stereocenters. The minimum atomic E-state index is 0.522. The zero-order chi connectivity index (χ0) is 11.4. The van der Waals surface area contributed by atoms with Crippen molar-refractivity contribution < 1.29 is 4.74 Å². The zero-order valence-corrected chi connectivity index (χ0v) is 10.8. The average molecular weight is 214 g/mol. The van der Waals surface area contributed by atoms with Crippen LogP contribution in [0.3, 0.4) is 0 Å². The molecule has 0 aromatic rings. The van der Waals surface area contributed by atoms with Crippen LogP contribution in [0, 0.1) is 5.92 Å². The predicted octanol–water partition coefficient (Wildman–Crippen LogP) is 1.34. The number of hydrogen-bond donors (Lipinski definition) is 1. The number of piperazine rings is 1. The Labute approximate surface area is 94.2 Å². The molecule has 0 aromatic heterocycles. The smallest absolute Gasteiger partial charge is 0.0615 e. The molecule has 0 spiro atoms. The predicted molar refractivity (Wildman–Crippen MR) is 64.1 cm³/mol. The van der Waals surface area contributed by atoms with Gasteiger partial charge < -0.3 is 10.1 Å². The topological polar surface area (TPSA) is 24.5 Å². The maximum absolute atomic E-state index is 5.24. The van der Waals surface area contributed by atoms with Gasteiger partial charge >= 0.3 is 0 Å². The molecule has 3 heteroatoms. The molecule has 3 atom stereocenters. The van der Waals surface area contributed by atoms with E-state index in [2.05, 4.69) is 37.9 Å². The van der Waals surface area contributed by atoms with Crippen LogP contribution in [0.5, 0.6) is 0 Å². The van der Waals surface area contributed by atoms with E-state index in [1.54, 1.807) is 7.11 Å². The molecule has 1 rings (SSSR count). The van der Waals surface area contributed by atoms with E-state index in [0.29, 0.717) is 24.0 Å². The van der Waals surface area contributed by atoms with Crippen LogP contribution >= 0.6 is 0 Å². The number of ether oxygens (including phenoxy) is 1. The van der Waals surface area contributed by atoms with Crippen molar-refractivity contribution in [3.8, 4) is 0 Å². The fraction of sp³-hybridized carbons (Fsp3) is 1.00. The van der Waals surface area contributed by atoms with Crippen molar-refractivity contribution in [3.05, 3.63) is 0 Å². The number of hydrogen-bond acceptors (Lipinski definition) is 3. The summed E-state index contributed by atoms with van der Waals surface area (Å²) in [5, 5.41) is 3.61. The van der Waals surface area contributed by atoms with Crippen molar-refractivity contribution >= 4 is 0 Å². The lowest BCUT2D eigenvalue weighted by Crippen LogP contribution is -2.60. The number of nitrogens with zero attached hydrogens (tertiary/aromatic N) is 1. The van der Waals surface area contributed by atoms with Crippen LogP contribution < -0.4 is 5.32 Å². The number of rotatable bonds is 4. The van der Waals surface area contributed by atoms with Gasteiger partial charge in [-0.05, 0) is 19.8 Å². The fourth-order valence-electron chi connectivity index (χ4n) is 2.31. The third kappa shape index (κ3) is 3.44. The van der Waals surface area contributed by atoms with Crippen molar-refractivity contribution in [2.75, 3.05) is 26.8 Å². The molecule has 0 amide bonds. The molecular formula is C12H26N2O. The Bertz CT molecular complexity index is 184. The summed E-state index contributed by atoms with van der Waals surface area (Å²) < 4.78 is 5.24. The van der Waals surface area contributed by atoms with E-state index < -0.39 is 0 Å². The van der Waals surface area contributed by atoms with Gasteiger partial charge in [0.25, 0.3) is 0 Å². The molecule has 1 N–H and O–H groups in total. The summed E-state index contributed by atoms with van der Waals surface area (Å²) in [6, 6.07) is 1.76. The normalized spacial score (nSPS) is 30.8. The van der Waals surface area contributed by atoms with Crippen molar-refractivity contribution in [1.82, 2.24) is 10.2 Å². The van der Waals surface area contributed by atoms with E-state index in [9.17, 15) is 0 Å². The lowest BCUT2D eigenvalue weighted by Gasteiger charge is -2.43. The zero-order valence-electron chi connectivity index (χ0n) is 10.8. The van der Waals surface area contributed by atoms with E-state index in [1.807, 2.05) is 0 Å². The molecule has 1 aliphatic rings. The Kier molecular flexibility index (Phi) is 5.03. The minimum Gasteiger partial charge on any atom is -0.383 e. The molecule has 0 saturated carbocycles. The third-order valence-electron chi connectivity index (χ3n) is 3.43. The SMILES string of the molecule is COCC(C)N1CC(C(C)C)NCC1C. The van der Waals surface area contributed by atoms with Crippen molar-refractivity contribution in [3.63, 3.8) is 0 Å². The van der Waals surface area contributed by atoms with E-state index in [-0.39, 0.29) is 0 Å². The summed E-state index contributed by atoms with van der Waals surface area (Å²) in [4.78, 5) is 2.56. The van der Waals surface area contributed by atoms with Gasteiger partial charge in [-0.25, -0.2) is 0 Å². The number of methoxy groups -OCH3 is 1. The molecule has 0 aliphatic carbocycles. The van der Waals surface area contributed by atoms with Gasteiger partial charge in [-0.2, -0.15) is 0 Å². The summed E-state index contributed by atoms with van der Waals surface area (Å²) in [7, 11) is 1.78. The first kappa shape index (κ1) is 12.9. The largest absolute Gasteiger partial charge is 0.383 e. The number of nitrogens with one attached hydrogen (secondary N) is 1. The first-order chi connectivity index (χ1) is 7.06. The highest BCUT2D eigenvalue weighted by Gasteiger charge is 2.29. The highest BCUT2D eigenvalue weighted by atomic mass is 16.5. The van der Waals surface area contributed by atoms with Gasteiger partial charge in [0.05, 0.1) is 6.61 Å². The highest BCUT2D eigenvalue weighted by molar-refractivity contribution is 4.87. The average Bonchev–Trinajstić information content (AvgIpc) is 2.18. The summed E-state index contributed by atoms with van der Waals surface area (Å²) in [6.45, 7) is 12.2. The van der Waals surface area contributed by atoms with Gasteiger partial charge in [-0.1, -0.05) is 13.8 Å². The Balaban J connectivity index is 2.52. The monoisotopic (exact) mass is 214 g/mol. The quantitative estimate of drug-likeness (QED) is 0.764. The molecule has 1 heterocycles. The van der Waals surface area contributed by atoms with Crippen LogP contribution in [0.15, 0.2) is 0 Å². The van der Waals surface area contributed by atoms with Gasteiger partial charge in [-0.15, -0.1) is 0 Å². The van der Waals surface area contributed by atoms with Crippen LogP contribution in [0.2, 0.25) is 0 Å². The molecule has 1 aliphatic heterocycles. The van der Waals surface area contributed by atoms with Gasteiger partial charge in [0.2, 0.25) is 0 Å². The second-order valence-corrected chi connectivity index (χ2v) is 5.11. The van der Waals surface area contributed by atoms with Crippen LogP contribution in [0.1, 0.15) is 27.7 Å². The molecule has 0 bridgehead atoms. The Hall–Kier alpha value is -0.120. The summed E-state index contributed by atoms with van der Waals surface area (Å²) in [5.74, 6) is 0.703. The van der Waals surface area contributed by atoms with E-state index >= 15 is 0 Å². The van der Waals surface area contributed by atoms with Crippen LogP contribution in [-0.4, -0.2) is 49.8 Å². The Morgan fingerprint density at radius 1 is 1.40 bits per heavy atom. The second-order valence-electron chi connectivity index (χ2n) is 5.11. The first-order valence-electron chi connectivity index (χ1n) is 6.04. The molecular weight excluding hydrogens is 188 g/mol. The van der Waals surface area contributed by atoms with Gasteiger partial charge in [0, 0.05) is 38.3 Å². The summed E-state index contributed by atoms with van der Waals surface area (Å²) >= 11 is 0. The molecule has 90 valence electrons. The summed E-state index contributed by atoms with van der Waals surface area (Å²) in [6.07, 6.45) is 0. The van der Waals surface area contributed by atoms with Crippen molar-refractivity contribution in [2.45, 2.75) is 45.8 Å². The highest BCUT2D eigenvalue weighted by Crippen LogP contribution is 2.15. The van der Waals surface area contributed by atoms with Gasteiger partial charge in [0.1, 0.15) is 0 Å². The molecule has 0 radical (unpaired) electrons. The van der Waals surface area contributed by atoms with E-state index in [1.165, 1.54) is 0 Å². The minimum absolute atomic E-state index is 0.522. The van der Waals surface area contributed by atoms with Crippen LogP contribution in [0.25, 0.3) is 0 Å². The fourth-order valence-corrected chi connectivity index (χ4v) is 2.31. The molecule has 15 heavy (non-hydrogen) atoms. The maximum Gasteiger partial charge on any atom is 0.0615 e. The first-order valence-corrected chi connectivity index (χ1v) is 6.04. The third-order valence-corrected chi connectivity index (χ3v) is 3.43. The molecule has 0 aromatic carbocycles. The van der Waals surface area contributed by atoms with Crippen molar-refractivity contribution in [2.24, 2.45) is 5.92 Å². The lowest BCUT2D eigenvalue weighted by molar-refractivity contribution is 0.0404. The molecule has 1 fully saturated rings. The van der Waals surface area contributed by atoms with E-state index in [4.69, 9.17) is 4.74 Å². The van der Waals surface area contributed by atoms with Gasteiger partial charge in [-0.3, -0.25) is 4.90 Å².